The second kappa shape index (κ2) is 6.89. The molecule has 1 aromatic heterocycles. The summed E-state index contributed by atoms with van der Waals surface area (Å²) in [7, 11) is 0. The van der Waals surface area contributed by atoms with E-state index in [-0.39, 0.29) is 0 Å². The Hall–Kier alpha value is -2.24. The second-order valence-corrected chi connectivity index (χ2v) is 5.80. The molecule has 0 bridgehead atoms. The number of aryl methyl sites for hydroxylation is 1. The monoisotopic (exact) mass is 311 g/mol. The van der Waals surface area contributed by atoms with Crippen LogP contribution in [0, 0.1) is 6.92 Å². The van der Waals surface area contributed by atoms with Gasteiger partial charge in [0.2, 0.25) is 5.91 Å². The van der Waals surface area contributed by atoms with Crippen molar-refractivity contribution >= 4 is 5.91 Å². The summed E-state index contributed by atoms with van der Waals surface area (Å²) < 4.78 is 5.38. The molecule has 120 valence electrons. The Morgan fingerprint density at radius 1 is 1.26 bits per heavy atom. The third-order valence-electron chi connectivity index (χ3n) is 4.08. The lowest BCUT2D eigenvalue weighted by Crippen LogP contribution is -2.35. The third kappa shape index (κ3) is 3.75. The number of nitrogens with two attached hydrogens (primary N) is 1. The number of hydrogen-bond acceptors (Lipinski definition) is 4. The number of rotatable bonds is 4. The molecule has 0 radical (unpaired) electrons. The molecule has 0 unspecified atom stereocenters. The van der Waals surface area contributed by atoms with Gasteiger partial charge in [0.1, 0.15) is 0 Å². The van der Waals surface area contributed by atoms with E-state index in [0.717, 1.165) is 55.4 Å². The molecule has 3 rings (SSSR count). The molecular weight excluding hydrogens is 290 g/mol. The van der Waals surface area contributed by atoms with Gasteiger partial charge in [0.15, 0.2) is 0 Å². The molecule has 0 spiro atoms. The number of morpholine rings is 1. The fourth-order valence-electron chi connectivity index (χ4n) is 2.81. The fraction of sp³-hybridized carbons (Fsp3) is 0.333. The summed E-state index contributed by atoms with van der Waals surface area (Å²) in [5, 5.41) is 0. The summed E-state index contributed by atoms with van der Waals surface area (Å²) >= 11 is 0. The van der Waals surface area contributed by atoms with Gasteiger partial charge in [0, 0.05) is 30.8 Å². The summed E-state index contributed by atoms with van der Waals surface area (Å²) in [6.45, 7) is 6.25. The number of aromatic nitrogens is 1. The summed E-state index contributed by atoms with van der Waals surface area (Å²) in [6.07, 6.45) is 0. The van der Waals surface area contributed by atoms with Crippen LogP contribution in [0.15, 0.2) is 36.4 Å². The first-order valence-electron chi connectivity index (χ1n) is 7.80. The molecule has 0 saturated carbocycles. The van der Waals surface area contributed by atoms with Crippen LogP contribution in [0.2, 0.25) is 0 Å². The molecule has 1 aromatic carbocycles. The number of carbonyl (C=O) groups excluding carboxylic acids is 1. The average Bonchev–Trinajstić information content (AvgIpc) is 2.56. The molecule has 1 amide bonds. The van der Waals surface area contributed by atoms with Crippen LogP contribution in [-0.4, -0.2) is 42.1 Å². The number of primary amides is 1. The lowest BCUT2D eigenvalue weighted by Gasteiger charge is -2.26. The van der Waals surface area contributed by atoms with E-state index in [1.54, 1.807) is 6.07 Å². The van der Waals surface area contributed by atoms with Crippen LogP contribution in [0.3, 0.4) is 0 Å². The molecule has 0 aliphatic carbocycles. The number of carbonyl (C=O) groups is 1. The number of nitrogens with zero attached hydrogens (tertiary/aromatic N) is 2. The zero-order chi connectivity index (χ0) is 16.2. The summed E-state index contributed by atoms with van der Waals surface area (Å²) in [5.74, 6) is -0.409. The largest absolute Gasteiger partial charge is 0.379 e. The highest BCUT2D eigenvalue weighted by molar-refractivity contribution is 5.93. The maximum Gasteiger partial charge on any atom is 0.248 e. The highest BCUT2D eigenvalue weighted by Crippen LogP contribution is 2.23. The third-order valence-corrected chi connectivity index (χ3v) is 4.08. The number of hydrogen-bond donors (Lipinski definition) is 1. The zero-order valence-electron chi connectivity index (χ0n) is 13.3. The van der Waals surface area contributed by atoms with E-state index < -0.39 is 5.91 Å². The minimum Gasteiger partial charge on any atom is -0.379 e. The molecular formula is C18H21N3O2. The van der Waals surface area contributed by atoms with Crippen molar-refractivity contribution in [3.8, 4) is 11.3 Å². The number of pyridine rings is 1. The Labute approximate surface area is 136 Å². The van der Waals surface area contributed by atoms with Crippen molar-refractivity contribution in [2.24, 2.45) is 5.73 Å². The maximum absolute atomic E-state index is 11.3. The second-order valence-electron chi connectivity index (χ2n) is 5.80. The van der Waals surface area contributed by atoms with E-state index in [0.29, 0.717) is 5.56 Å². The first-order chi connectivity index (χ1) is 11.1. The quantitative estimate of drug-likeness (QED) is 0.937. The molecule has 1 aliphatic rings. The normalized spacial score (nSPS) is 15.5. The lowest BCUT2D eigenvalue weighted by atomic mass is 10.0. The van der Waals surface area contributed by atoms with E-state index >= 15 is 0 Å². The van der Waals surface area contributed by atoms with Gasteiger partial charge in [-0.15, -0.1) is 0 Å². The number of ether oxygens (including phenoxy) is 1. The van der Waals surface area contributed by atoms with Gasteiger partial charge in [-0.1, -0.05) is 12.1 Å². The van der Waals surface area contributed by atoms with Gasteiger partial charge < -0.3 is 10.5 Å². The molecule has 0 atom stereocenters. The predicted octanol–water partition coefficient (Wildman–Crippen LogP) is 1.99. The van der Waals surface area contributed by atoms with Crippen LogP contribution in [0.1, 0.15) is 21.6 Å². The van der Waals surface area contributed by atoms with Crippen LogP contribution in [0.25, 0.3) is 11.3 Å². The lowest BCUT2D eigenvalue weighted by molar-refractivity contribution is 0.0336. The SMILES string of the molecule is Cc1cc(C(N)=O)ccc1-c1cccc(CN2CCOCC2)n1. The predicted molar refractivity (Wildman–Crippen MR) is 89.0 cm³/mol. The molecule has 23 heavy (non-hydrogen) atoms. The zero-order valence-corrected chi connectivity index (χ0v) is 13.3. The summed E-state index contributed by atoms with van der Waals surface area (Å²) in [4.78, 5) is 18.4. The Morgan fingerprint density at radius 3 is 2.74 bits per heavy atom. The van der Waals surface area contributed by atoms with E-state index in [4.69, 9.17) is 15.5 Å². The minimum atomic E-state index is -0.409. The molecule has 1 aliphatic heterocycles. The van der Waals surface area contributed by atoms with Gasteiger partial charge in [-0.2, -0.15) is 0 Å². The molecule has 5 nitrogen and oxygen atoms in total. The van der Waals surface area contributed by atoms with Gasteiger partial charge in [-0.25, -0.2) is 0 Å². The summed E-state index contributed by atoms with van der Waals surface area (Å²) in [5.41, 5.74) is 9.84. The van der Waals surface area contributed by atoms with Crippen molar-refractivity contribution in [1.29, 1.82) is 0 Å². The standard InChI is InChI=1S/C18H21N3O2/c1-13-11-14(18(19)22)5-6-16(13)17-4-2-3-15(20-17)12-21-7-9-23-10-8-21/h2-6,11H,7-10,12H2,1H3,(H2,19,22). The van der Waals surface area contributed by atoms with Crippen molar-refractivity contribution < 1.29 is 9.53 Å². The molecule has 1 saturated heterocycles. The Kier molecular flexibility index (Phi) is 4.69. The van der Waals surface area contributed by atoms with Crippen LogP contribution >= 0.6 is 0 Å². The van der Waals surface area contributed by atoms with E-state index in [9.17, 15) is 4.79 Å². The Bertz CT molecular complexity index is 709. The van der Waals surface area contributed by atoms with Crippen LogP contribution in [-0.2, 0) is 11.3 Å². The van der Waals surface area contributed by atoms with Gasteiger partial charge in [0.05, 0.1) is 24.6 Å². The smallest absolute Gasteiger partial charge is 0.248 e. The Balaban J connectivity index is 1.83. The molecule has 2 N–H and O–H groups in total. The number of benzene rings is 1. The maximum atomic E-state index is 11.3. The minimum absolute atomic E-state index is 0.409. The van der Waals surface area contributed by atoms with Crippen molar-refractivity contribution in [3.05, 3.63) is 53.2 Å². The molecule has 1 fully saturated rings. The van der Waals surface area contributed by atoms with Crippen LogP contribution in [0.4, 0.5) is 0 Å². The summed E-state index contributed by atoms with van der Waals surface area (Å²) in [6, 6.07) is 11.5. The number of amides is 1. The Morgan fingerprint density at radius 2 is 2.04 bits per heavy atom. The van der Waals surface area contributed by atoms with Gasteiger partial charge in [0.25, 0.3) is 0 Å². The van der Waals surface area contributed by atoms with Crippen molar-refractivity contribution in [2.45, 2.75) is 13.5 Å². The highest BCUT2D eigenvalue weighted by atomic mass is 16.5. The van der Waals surface area contributed by atoms with Gasteiger partial charge in [-0.3, -0.25) is 14.7 Å². The average molecular weight is 311 g/mol. The molecule has 5 heteroatoms. The van der Waals surface area contributed by atoms with Gasteiger partial charge >= 0.3 is 0 Å². The van der Waals surface area contributed by atoms with Crippen molar-refractivity contribution in [3.63, 3.8) is 0 Å². The first kappa shape index (κ1) is 15.6. The topological polar surface area (TPSA) is 68.5 Å². The fourth-order valence-corrected chi connectivity index (χ4v) is 2.81. The van der Waals surface area contributed by atoms with Crippen LogP contribution in [0.5, 0.6) is 0 Å². The van der Waals surface area contributed by atoms with Crippen molar-refractivity contribution in [2.75, 3.05) is 26.3 Å². The molecule has 2 aromatic rings. The molecule has 2 heterocycles. The van der Waals surface area contributed by atoms with Gasteiger partial charge in [-0.05, 0) is 36.8 Å². The van der Waals surface area contributed by atoms with E-state index in [1.165, 1.54) is 0 Å². The van der Waals surface area contributed by atoms with E-state index in [2.05, 4.69) is 4.90 Å². The van der Waals surface area contributed by atoms with Crippen molar-refractivity contribution in [1.82, 2.24) is 9.88 Å². The van der Waals surface area contributed by atoms with E-state index in [1.807, 2.05) is 37.3 Å². The highest BCUT2D eigenvalue weighted by Gasteiger charge is 2.12. The first-order valence-corrected chi connectivity index (χ1v) is 7.80. The van der Waals surface area contributed by atoms with Crippen LogP contribution < -0.4 is 5.73 Å².